The van der Waals surface area contributed by atoms with Crippen molar-refractivity contribution in [3.05, 3.63) is 24.3 Å². The zero-order valence-electron chi connectivity index (χ0n) is 13.2. The third-order valence-corrected chi connectivity index (χ3v) is 3.77. The highest BCUT2D eigenvalue weighted by Crippen LogP contribution is 2.28. The number of nitrogen functional groups attached to an aromatic ring is 1. The van der Waals surface area contributed by atoms with Crippen molar-refractivity contribution in [2.24, 2.45) is 0 Å². The molecular weight excluding hydrogens is 334 g/mol. The smallest absolute Gasteiger partial charge is 0.331 e. The lowest BCUT2D eigenvalue weighted by atomic mass is 10.2. The highest BCUT2D eigenvalue weighted by Gasteiger charge is 2.33. The summed E-state index contributed by atoms with van der Waals surface area (Å²) < 4.78 is 15.2. The van der Waals surface area contributed by atoms with E-state index in [1.165, 1.54) is 0 Å². The number of anilines is 1. The van der Waals surface area contributed by atoms with Crippen LogP contribution in [0, 0.1) is 0 Å². The first-order valence-electron chi connectivity index (χ1n) is 7.24. The van der Waals surface area contributed by atoms with Crippen molar-refractivity contribution in [1.29, 1.82) is 0 Å². The van der Waals surface area contributed by atoms with Gasteiger partial charge in [0.05, 0.1) is 13.2 Å². The molecule has 128 valence electrons. The number of hydrogen-bond donors (Lipinski definition) is 1. The Morgan fingerprint density at radius 2 is 1.71 bits per heavy atom. The maximum absolute atomic E-state index is 11.9. The number of hydrogen-bond acceptors (Lipinski definition) is 9. The first-order valence-corrected chi connectivity index (χ1v) is 8.12. The number of carbonyl (C=O) groups excluding carboxylic acids is 2. The van der Waals surface area contributed by atoms with Gasteiger partial charge in [-0.25, -0.2) is 0 Å². The zero-order valence-corrected chi connectivity index (χ0v) is 14.0. The molecule has 0 atom stereocenters. The van der Waals surface area contributed by atoms with Gasteiger partial charge >= 0.3 is 11.9 Å². The molecule has 2 aromatic rings. The molecule has 1 aromatic carbocycles. The topological polar surface area (TPSA) is 118 Å². The van der Waals surface area contributed by atoms with Crippen LogP contribution in [0.2, 0.25) is 0 Å². The van der Waals surface area contributed by atoms with Crippen molar-refractivity contribution in [2.75, 3.05) is 18.9 Å². The molecule has 2 N–H and O–H groups in total. The molecule has 0 fully saturated rings. The van der Waals surface area contributed by atoms with Crippen LogP contribution in [0.5, 0.6) is 0 Å². The molecule has 0 saturated carbocycles. The van der Waals surface area contributed by atoms with Crippen molar-refractivity contribution < 1.29 is 23.5 Å². The maximum atomic E-state index is 11.9. The lowest BCUT2D eigenvalue weighted by Crippen LogP contribution is -2.30. The van der Waals surface area contributed by atoms with E-state index in [-0.39, 0.29) is 24.3 Å². The quantitative estimate of drug-likeness (QED) is 0.345. The largest absolute Gasteiger partial charge is 0.465 e. The third kappa shape index (κ3) is 4.48. The van der Waals surface area contributed by atoms with E-state index in [2.05, 4.69) is 10.2 Å². The van der Waals surface area contributed by atoms with Crippen LogP contribution >= 0.6 is 11.8 Å². The van der Waals surface area contributed by atoms with Gasteiger partial charge in [-0.2, -0.15) is 0 Å². The van der Waals surface area contributed by atoms with Crippen LogP contribution in [0.15, 0.2) is 33.9 Å². The van der Waals surface area contributed by atoms with Crippen LogP contribution in [-0.4, -0.2) is 40.6 Å². The summed E-state index contributed by atoms with van der Waals surface area (Å²) in [5.74, 6) is -1.18. The molecular formula is C15H17N3O5S. The normalized spacial score (nSPS) is 10.6. The number of carbonyl (C=O) groups is 2. The Balaban J connectivity index is 2.16. The van der Waals surface area contributed by atoms with E-state index in [0.717, 1.165) is 11.8 Å². The van der Waals surface area contributed by atoms with E-state index in [9.17, 15) is 9.59 Å². The number of esters is 2. The summed E-state index contributed by atoms with van der Waals surface area (Å²) in [6.07, 6.45) is 0. The molecule has 24 heavy (non-hydrogen) atoms. The van der Waals surface area contributed by atoms with Crippen LogP contribution in [0.25, 0.3) is 11.5 Å². The minimum atomic E-state index is -1.22. The summed E-state index contributed by atoms with van der Waals surface area (Å²) in [6, 6.07) is 6.86. The first-order chi connectivity index (χ1) is 11.5. The minimum absolute atomic E-state index is 0.0629. The van der Waals surface area contributed by atoms with Gasteiger partial charge in [0.1, 0.15) is 0 Å². The van der Waals surface area contributed by atoms with Gasteiger partial charge in [-0.3, -0.25) is 9.59 Å². The van der Waals surface area contributed by atoms with Crippen LogP contribution in [0.4, 0.5) is 5.69 Å². The van der Waals surface area contributed by atoms with E-state index in [1.54, 1.807) is 38.1 Å². The van der Waals surface area contributed by atoms with Gasteiger partial charge in [0.25, 0.3) is 5.22 Å². The fourth-order valence-electron chi connectivity index (χ4n) is 1.73. The van der Waals surface area contributed by atoms with Gasteiger partial charge < -0.3 is 19.6 Å². The van der Waals surface area contributed by atoms with Crippen molar-refractivity contribution >= 4 is 29.4 Å². The Hall–Kier alpha value is -2.55. The first kappa shape index (κ1) is 17.8. The maximum Gasteiger partial charge on any atom is 0.331 e. The number of thioether (sulfide) groups is 1. The highest BCUT2D eigenvalue weighted by atomic mass is 32.2. The molecule has 0 aliphatic rings. The van der Waals surface area contributed by atoms with E-state index >= 15 is 0 Å². The van der Waals surface area contributed by atoms with Gasteiger partial charge in [0.15, 0.2) is 0 Å². The van der Waals surface area contributed by atoms with Gasteiger partial charge in [-0.15, -0.1) is 10.2 Å². The fourth-order valence-corrected chi connectivity index (χ4v) is 2.47. The summed E-state index contributed by atoms with van der Waals surface area (Å²) in [5, 5.41) is 6.58. The van der Waals surface area contributed by atoms with Crippen LogP contribution in [0.1, 0.15) is 13.8 Å². The third-order valence-electron chi connectivity index (χ3n) is 2.78. The van der Waals surface area contributed by atoms with E-state index in [1.807, 2.05) is 0 Å². The van der Waals surface area contributed by atoms with Crippen LogP contribution in [0.3, 0.4) is 0 Å². The Morgan fingerprint density at radius 1 is 1.12 bits per heavy atom. The lowest BCUT2D eigenvalue weighted by Gasteiger charge is -2.11. The van der Waals surface area contributed by atoms with E-state index < -0.39 is 17.2 Å². The summed E-state index contributed by atoms with van der Waals surface area (Å²) >= 11 is 0.789. The molecule has 2 rings (SSSR count). The second-order valence-corrected chi connectivity index (χ2v) is 5.55. The van der Waals surface area contributed by atoms with E-state index in [0.29, 0.717) is 11.3 Å². The zero-order chi connectivity index (χ0) is 17.5. The average Bonchev–Trinajstić information content (AvgIpc) is 3.02. The highest BCUT2D eigenvalue weighted by molar-refractivity contribution is 8.01. The predicted molar refractivity (Wildman–Crippen MR) is 87.1 cm³/mol. The predicted octanol–water partition coefficient (Wildman–Crippen LogP) is 1.91. The molecule has 0 aliphatic heterocycles. The number of ether oxygens (including phenoxy) is 2. The molecule has 0 amide bonds. The SMILES string of the molecule is CCOC(=O)C(Sc1nnc(-c2ccc(N)cc2)o1)C(=O)OCC. The molecule has 8 nitrogen and oxygen atoms in total. The Kier molecular flexibility index (Phi) is 6.19. The van der Waals surface area contributed by atoms with Crippen LogP contribution in [-0.2, 0) is 19.1 Å². The Morgan fingerprint density at radius 3 is 2.25 bits per heavy atom. The molecule has 1 aromatic heterocycles. The fraction of sp³-hybridized carbons (Fsp3) is 0.333. The Bertz CT molecular complexity index is 683. The van der Waals surface area contributed by atoms with Crippen LogP contribution < -0.4 is 5.73 Å². The monoisotopic (exact) mass is 351 g/mol. The number of nitrogens with zero attached hydrogens (tertiary/aromatic N) is 2. The summed E-state index contributed by atoms with van der Waals surface area (Å²) in [4.78, 5) is 23.9. The van der Waals surface area contributed by atoms with Crippen molar-refractivity contribution in [3.8, 4) is 11.5 Å². The molecule has 0 bridgehead atoms. The number of benzene rings is 1. The molecule has 0 radical (unpaired) electrons. The molecule has 0 spiro atoms. The summed E-state index contributed by atoms with van der Waals surface area (Å²) in [5.41, 5.74) is 6.91. The van der Waals surface area contributed by atoms with Gasteiger partial charge in [0.2, 0.25) is 11.1 Å². The number of nitrogens with two attached hydrogens (primary N) is 1. The van der Waals surface area contributed by atoms with Gasteiger partial charge in [-0.1, -0.05) is 0 Å². The lowest BCUT2D eigenvalue weighted by molar-refractivity contribution is -0.152. The van der Waals surface area contributed by atoms with Crippen molar-refractivity contribution in [2.45, 2.75) is 24.3 Å². The Labute approximate surface area is 142 Å². The van der Waals surface area contributed by atoms with Crippen molar-refractivity contribution in [3.63, 3.8) is 0 Å². The van der Waals surface area contributed by atoms with Crippen molar-refractivity contribution in [1.82, 2.24) is 10.2 Å². The van der Waals surface area contributed by atoms with E-state index in [4.69, 9.17) is 19.6 Å². The molecule has 0 aliphatic carbocycles. The standard InChI is InChI=1S/C15H17N3O5S/c1-3-21-13(19)11(14(20)22-4-2)24-15-18-17-12(23-15)9-5-7-10(16)8-6-9/h5-8,11H,3-4,16H2,1-2H3. The summed E-state index contributed by atoms with van der Waals surface area (Å²) in [7, 11) is 0. The summed E-state index contributed by atoms with van der Waals surface area (Å²) in [6.45, 7) is 3.60. The van der Waals surface area contributed by atoms with Gasteiger partial charge in [0, 0.05) is 11.3 Å². The number of rotatable bonds is 7. The molecule has 0 unspecified atom stereocenters. The van der Waals surface area contributed by atoms with Gasteiger partial charge in [-0.05, 0) is 49.9 Å². The second kappa shape index (κ2) is 8.34. The minimum Gasteiger partial charge on any atom is -0.465 e. The second-order valence-electron chi connectivity index (χ2n) is 4.50. The molecule has 9 heteroatoms. The number of aromatic nitrogens is 2. The molecule has 0 saturated heterocycles. The average molecular weight is 351 g/mol. The molecule has 1 heterocycles.